The molecule has 6 nitrogen and oxygen atoms in total. The van der Waals surface area contributed by atoms with Crippen molar-refractivity contribution in [3.63, 3.8) is 0 Å². The highest BCUT2D eigenvalue weighted by atomic mass is 35.5. The number of carbonyl (C=O) groups is 2. The first kappa shape index (κ1) is 21.9. The quantitative estimate of drug-likeness (QED) is 0.609. The summed E-state index contributed by atoms with van der Waals surface area (Å²) in [6, 6.07) is 11.9. The molecule has 2 aromatic rings. The van der Waals surface area contributed by atoms with Crippen LogP contribution in [0.1, 0.15) is 24.9 Å². The van der Waals surface area contributed by atoms with Crippen molar-refractivity contribution in [1.29, 1.82) is 0 Å². The summed E-state index contributed by atoms with van der Waals surface area (Å²) in [7, 11) is 1.54. The van der Waals surface area contributed by atoms with Gasteiger partial charge in [0, 0.05) is 0 Å². The van der Waals surface area contributed by atoms with E-state index in [0.717, 1.165) is 5.56 Å². The molecule has 0 bridgehead atoms. The summed E-state index contributed by atoms with van der Waals surface area (Å²) in [6.07, 6.45) is 0.00761. The summed E-state index contributed by atoms with van der Waals surface area (Å²) in [5.74, 6) is 0.155. The Bertz CT molecular complexity index is 828. The normalized spacial score (nSPS) is 11.4. The van der Waals surface area contributed by atoms with Crippen LogP contribution in [0.25, 0.3) is 0 Å². The molecule has 1 atom stereocenters. The number of halogens is 2. The average Bonchev–Trinajstić information content (AvgIpc) is 2.68. The zero-order valence-corrected chi connectivity index (χ0v) is 17.0. The SMILES string of the molecule is COc1ccccc1OCCC(=O)OCC(=O)NC(C)c1ccc(Cl)c(Cl)c1. The highest BCUT2D eigenvalue weighted by Gasteiger charge is 2.13. The molecule has 0 saturated heterocycles. The van der Waals surface area contributed by atoms with Crippen LogP contribution in [0.15, 0.2) is 42.5 Å². The lowest BCUT2D eigenvalue weighted by molar-refractivity contribution is -0.149. The summed E-state index contributed by atoms with van der Waals surface area (Å²) in [5, 5.41) is 3.57. The van der Waals surface area contributed by atoms with Crippen LogP contribution >= 0.6 is 23.2 Å². The number of hydrogen-bond donors (Lipinski definition) is 1. The molecule has 0 saturated carbocycles. The Morgan fingerprint density at radius 1 is 1.07 bits per heavy atom. The molecule has 1 amide bonds. The number of amides is 1. The van der Waals surface area contributed by atoms with E-state index < -0.39 is 11.9 Å². The average molecular weight is 426 g/mol. The Morgan fingerprint density at radius 3 is 2.46 bits per heavy atom. The third-order valence-corrected chi connectivity index (χ3v) is 4.56. The largest absolute Gasteiger partial charge is 0.493 e. The van der Waals surface area contributed by atoms with Crippen molar-refractivity contribution >= 4 is 35.1 Å². The molecule has 0 aliphatic rings. The van der Waals surface area contributed by atoms with E-state index in [2.05, 4.69) is 5.32 Å². The minimum atomic E-state index is -0.535. The number of methoxy groups -OCH3 is 1. The van der Waals surface area contributed by atoms with E-state index in [9.17, 15) is 9.59 Å². The predicted molar refractivity (Wildman–Crippen MR) is 107 cm³/mol. The van der Waals surface area contributed by atoms with Crippen LogP contribution < -0.4 is 14.8 Å². The van der Waals surface area contributed by atoms with Gasteiger partial charge in [0.25, 0.3) is 5.91 Å². The Labute approximate surface area is 173 Å². The van der Waals surface area contributed by atoms with Crippen molar-refractivity contribution < 1.29 is 23.8 Å². The molecular formula is C20H21Cl2NO5. The van der Waals surface area contributed by atoms with Crippen molar-refractivity contribution in [3.8, 4) is 11.5 Å². The second-order valence-electron chi connectivity index (χ2n) is 5.87. The molecule has 0 radical (unpaired) electrons. The van der Waals surface area contributed by atoms with Gasteiger partial charge in [-0.1, -0.05) is 41.4 Å². The number of esters is 1. The summed E-state index contributed by atoms with van der Waals surface area (Å²) < 4.78 is 15.6. The fraction of sp³-hybridized carbons (Fsp3) is 0.300. The Hall–Kier alpha value is -2.44. The van der Waals surface area contributed by atoms with E-state index in [1.807, 2.05) is 6.07 Å². The minimum absolute atomic E-state index is 0.00761. The molecule has 0 aromatic heterocycles. The summed E-state index contributed by atoms with van der Waals surface area (Å²) in [5.41, 5.74) is 0.791. The van der Waals surface area contributed by atoms with Crippen molar-refractivity contribution in [2.24, 2.45) is 0 Å². The van der Waals surface area contributed by atoms with Gasteiger partial charge in [0.1, 0.15) is 0 Å². The molecule has 1 N–H and O–H groups in total. The molecule has 0 spiro atoms. The zero-order valence-electron chi connectivity index (χ0n) is 15.5. The van der Waals surface area contributed by atoms with Crippen LogP contribution in [-0.2, 0) is 14.3 Å². The standard InChI is InChI=1S/C20H21Cl2NO5/c1-13(14-7-8-15(21)16(22)11-14)23-19(24)12-28-20(25)9-10-27-18-6-4-3-5-17(18)26-2/h3-8,11,13H,9-10,12H2,1-2H3,(H,23,24). The number of ether oxygens (including phenoxy) is 3. The van der Waals surface area contributed by atoms with Gasteiger partial charge in [-0.05, 0) is 36.8 Å². The van der Waals surface area contributed by atoms with Crippen LogP contribution in [0.2, 0.25) is 10.0 Å². The van der Waals surface area contributed by atoms with Gasteiger partial charge in [0.2, 0.25) is 0 Å². The molecule has 8 heteroatoms. The van der Waals surface area contributed by atoms with Crippen molar-refractivity contribution in [1.82, 2.24) is 5.32 Å². The van der Waals surface area contributed by atoms with E-state index in [0.29, 0.717) is 21.5 Å². The highest BCUT2D eigenvalue weighted by Crippen LogP contribution is 2.26. The summed E-state index contributed by atoms with van der Waals surface area (Å²) in [4.78, 5) is 23.8. The van der Waals surface area contributed by atoms with Crippen LogP contribution in [0, 0.1) is 0 Å². The van der Waals surface area contributed by atoms with E-state index in [4.69, 9.17) is 37.4 Å². The molecule has 0 heterocycles. The molecule has 0 aliphatic carbocycles. The molecule has 2 aromatic carbocycles. The lowest BCUT2D eigenvalue weighted by Gasteiger charge is -2.15. The molecule has 150 valence electrons. The van der Waals surface area contributed by atoms with Crippen molar-refractivity contribution in [2.45, 2.75) is 19.4 Å². The number of para-hydroxylation sites is 2. The smallest absolute Gasteiger partial charge is 0.309 e. The van der Waals surface area contributed by atoms with Crippen LogP contribution in [-0.4, -0.2) is 32.2 Å². The predicted octanol–water partition coefficient (Wildman–Crippen LogP) is 4.19. The third kappa shape index (κ3) is 6.62. The molecular weight excluding hydrogens is 405 g/mol. The van der Waals surface area contributed by atoms with Gasteiger partial charge in [-0.25, -0.2) is 0 Å². The first-order chi connectivity index (χ1) is 13.4. The third-order valence-electron chi connectivity index (χ3n) is 3.82. The maximum absolute atomic E-state index is 12.0. The van der Waals surface area contributed by atoms with Crippen LogP contribution in [0.4, 0.5) is 0 Å². The van der Waals surface area contributed by atoms with Gasteiger partial charge in [-0.3, -0.25) is 9.59 Å². The highest BCUT2D eigenvalue weighted by molar-refractivity contribution is 6.42. The van der Waals surface area contributed by atoms with Gasteiger partial charge >= 0.3 is 5.97 Å². The van der Waals surface area contributed by atoms with Crippen LogP contribution in [0.5, 0.6) is 11.5 Å². The number of rotatable bonds is 9. The Kier molecular flexibility index (Phi) is 8.42. The minimum Gasteiger partial charge on any atom is -0.493 e. The first-order valence-electron chi connectivity index (χ1n) is 8.56. The molecule has 2 rings (SSSR count). The van der Waals surface area contributed by atoms with E-state index in [1.54, 1.807) is 43.3 Å². The van der Waals surface area contributed by atoms with Gasteiger partial charge in [0.05, 0.1) is 36.2 Å². The van der Waals surface area contributed by atoms with Gasteiger partial charge < -0.3 is 19.5 Å². The van der Waals surface area contributed by atoms with Crippen molar-refractivity contribution in [3.05, 3.63) is 58.1 Å². The van der Waals surface area contributed by atoms with E-state index in [1.165, 1.54) is 7.11 Å². The fourth-order valence-electron chi connectivity index (χ4n) is 2.35. The Morgan fingerprint density at radius 2 is 1.79 bits per heavy atom. The molecule has 28 heavy (non-hydrogen) atoms. The number of nitrogens with one attached hydrogen (secondary N) is 1. The number of benzene rings is 2. The lowest BCUT2D eigenvalue weighted by Crippen LogP contribution is -2.31. The second kappa shape index (κ2) is 10.8. The number of hydrogen-bond acceptors (Lipinski definition) is 5. The fourth-order valence-corrected chi connectivity index (χ4v) is 2.66. The second-order valence-corrected chi connectivity index (χ2v) is 6.69. The Balaban J connectivity index is 1.71. The zero-order chi connectivity index (χ0) is 20.5. The summed E-state index contributed by atoms with van der Waals surface area (Å²) >= 11 is 11.9. The first-order valence-corrected chi connectivity index (χ1v) is 9.32. The monoisotopic (exact) mass is 425 g/mol. The summed E-state index contributed by atoms with van der Waals surface area (Å²) in [6.45, 7) is 1.53. The van der Waals surface area contributed by atoms with Gasteiger partial charge in [-0.15, -0.1) is 0 Å². The van der Waals surface area contributed by atoms with Gasteiger partial charge in [-0.2, -0.15) is 0 Å². The number of carbonyl (C=O) groups excluding carboxylic acids is 2. The van der Waals surface area contributed by atoms with E-state index >= 15 is 0 Å². The lowest BCUT2D eigenvalue weighted by atomic mass is 10.1. The molecule has 0 aliphatic heterocycles. The van der Waals surface area contributed by atoms with Crippen LogP contribution in [0.3, 0.4) is 0 Å². The van der Waals surface area contributed by atoms with E-state index in [-0.39, 0.29) is 25.7 Å². The topological polar surface area (TPSA) is 73.9 Å². The van der Waals surface area contributed by atoms with Gasteiger partial charge in [0.15, 0.2) is 18.1 Å². The molecule has 0 fully saturated rings. The maximum atomic E-state index is 12.0. The molecule has 1 unspecified atom stereocenters. The van der Waals surface area contributed by atoms with Crippen molar-refractivity contribution in [2.75, 3.05) is 20.3 Å². The maximum Gasteiger partial charge on any atom is 0.309 e.